The summed E-state index contributed by atoms with van der Waals surface area (Å²) in [5, 5.41) is 3.85. The Kier molecular flexibility index (Phi) is 2.90. The van der Waals surface area contributed by atoms with Crippen LogP contribution in [0.25, 0.3) is 23.0 Å². The molecule has 0 saturated heterocycles. The maximum Gasteiger partial charge on any atom is 0.326 e. The number of anilines is 1. The minimum atomic E-state index is -0.641. The molecule has 0 radical (unpaired) electrons. The van der Waals surface area contributed by atoms with Crippen LogP contribution in [-0.4, -0.2) is 20.1 Å². The average Bonchev–Trinajstić information content (AvgIpc) is 2.90. The molecule has 4 N–H and O–H groups in total. The normalized spacial score (nSPS) is 10.7. The monoisotopic (exact) mass is 285 g/mol. The van der Waals surface area contributed by atoms with Crippen LogP contribution in [0, 0.1) is 6.92 Å². The quantitative estimate of drug-likeness (QED) is 0.593. The van der Waals surface area contributed by atoms with Gasteiger partial charge in [-0.3, -0.25) is 9.78 Å². The van der Waals surface area contributed by atoms with Crippen molar-refractivity contribution in [3.05, 3.63) is 50.7 Å². The molecule has 0 aliphatic rings. The van der Waals surface area contributed by atoms with Gasteiger partial charge in [0.1, 0.15) is 5.69 Å². The van der Waals surface area contributed by atoms with Crippen LogP contribution in [-0.2, 0) is 0 Å². The van der Waals surface area contributed by atoms with E-state index in [1.54, 1.807) is 18.2 Å². The number of nitrogens with two attached hydrogens (primary N) is 1. The maximum absolute atomic E-state index is 11.3. The lowest BCUT2D eigenvalue weighted by molar-refractivity contribution is 0.430. The van der Waals surface area contributed by atoms with Crippen LogP contribution in [0.2, 0.25) is 0 Å². The molecule has 8 heteroatoms. The second-order valence-corrected chi connectivity index (χ2v) is 4.44. The summed E-state index contributed by atoms with van der Waals surface area (Å²) in [4.78, 5) is 31.2. The highest BCUT2D eigenvalue weighted by molar-refractivity contribution is 5.68. The van der Waals surface area contributed by atoms with E-state index < -0.39 is 11.2 Å². The Morgan fingerprint density at radius 1 is 1.24 bits per heavy atom. The second kappa shape index (κ2) is 4.75. The number of H-pyrrole nitrogens is 2. The van der Waals surface area contributed by atoms with Gasteiger partial charge in [0.05, 0.1) is 0 Å². The van der Waals surface area contributed by atoms with Crippen molar-refractivity contribution >= 4 is 5.69 Å². The zero-order valence-electron chi connectivity index (χ0n) is 11.0. The summed E-state index contributed by atoms with van der Waals surface area (Å²) in [5.41, 5.74) is 6.96. The SMILES string of the molecule is Cc1c(N)cccc1-c1noc(-c2cc(=O)[nH]c(=O)[nH]2)n1. The topological polar surface area (TPSA) is 131 Å². The molecule has 0 fully saturated rings. The zero-order chi connectivity index (χ0) is 15.0. The van der Waals surface area contributed by atoms with Crippen molar-refractivity contribution in [3.63, 3.8) is 0 Å². The van der Waals surface area contributed by atoms with Crippen LogP contribution >= 0.6 is 0 Å². The van der Waals surface area contributed by atoms with Crippen LogP contribution in [0.5, 0.6) is 0 Å². The number of rotatable bonds is 2. The molecule has 0 aliphatic carbocycles. The number of hydrogen-bond acceptors (Lipinski definition) is 6. The van der Waals surface area contributed by atoms with E-state index in [-0.39, 0.29) is 11.6 Å². The standard InChI is InChI=1S/C13H11N5O3/c1-6-7(3-2-4-8(6)14)11-17-12(21-18-11)9-5-10(19)16-13(20)15-9/h2-5H,14H2,1H3,(H2,15,16,19,20). The molecule has 0 bridgehead atoms. The molecule has 106 valence electrons. The van der Waals surface area contributed by atoms with Gasteiger partial charge in [0, 0.05) is 17.3 Å². The van der Waals surface area contributed by atoms with Crippen LogP contribution in [0.4, 0.5) is 5.69 Å². The summed E-state index contributed by atoms with van der Waals surface area (Å²) < 4.78 is 5.09. The third kappa shape index (κ3) is 2.34. The molecular weight excluding hydrogens is 274 g/mol. The van der Waals surface area contributed by atoms with Gasteiger partial charge in [-0.2, -0.15) is 4.98 Å². The lowest BCUT2D eigenvalue weighted by atomic mass is 10.1. The number of nitrogens with one attached hydrogen (secondary N) is 2. The van der Waals surface area contributed by atoms with Crippen LogP contribution in [0.3, 0.4) is 0 Å². The molecule has 0 amide bonds. The molecule has 3 rings (SSSR count). The van der Waals surface area contributed by atoms with E-state index in [9.17, 15) is 9.59 Å². The van der Waals surface area contributed by atoms with E-state index in [0.717, 1.165) is 11.1 Å². The smallest absolute Gasteiger partial charge is 0.326 e. The Bertz CT molecular complexity index is 894. The Morgan fingerprint density at radius 3 is 2.81 bits per heavy atom. The molecule has 8 nitrogen and oxygen atoms in total. The summed E-state index contributed by atoms with van der Waals surface area (Å²) >= 11 is 0. The molecule has 2 heterocycles. The van der Waals surface area contributed by atoms with Crippen molar-refractivity contribution in [3.8, 4) is 23.0 Å². The Hall–Kier alpha value is -3.16. The van der Waals surface area contributed by atoms with Crippen molar-refractivity contribution < 1.29 is 4.52 Å². The summed E-state index contributed by atoms with van der Waals surface area (Å²) in [6, 6.07) is 6.53. The number of hydrogen-bond donors (Lipinski definition) is 3. The third-order valence-corrected chi connectivity index (χ3v) is 3.03. The fourth-order valence-electron chi connectivity index (χ4n) is 1.92. The van der Waals surface area contributed by atoms with Crippen LogP contribution < -0.4 is 17.0 Å². The number of nitrogen functional groups attached to an aromatic ring is 1. The van der Waals surface area contributed by atoms with Gasteiger partial charge in [0.15, 0.2) is 0 Å². The molecule has 0 saturated carbocycles. The van der Waals surface area contributed by atoms with E-state index in [1.165, 1.54) is 6.07 Å². The first-order valence-corrected chi connectivity index (χ1v) is 6.08. The van der Waals surface area contributed by atoms with Gasteiger partial charge in [-0.1, -0.05) is 17.3 Å². The van der Waals surface area contributed by atoms with E-state index in [1.807, 2.05) is 6.92 Å². The van der Waals surface area contributed by atoms with Crippen molar-refractivity contribution in [2.45, 2.75) is 6.92 Å². The van der Waals surface area contributed by atoms with Gasteiger partial charge in [-0.15, -0.1) is 0 Å². The number of nitrogens with zero attached hydrogens (tertiary/aromatic N) is 2. The van der Waals surface area contributed by atoms with E-state index in [2.05, 4.69) is 20.1 Å². The molecule has 2 aromatic heterocycles. The molecule has 3 aromatic rings. The molecule has 0 spiro atoms. The van der Waals surface area contributed by atoms with Crippen molar-refractivity contribution in [1.29, 1.82) is 0 Å². The predicted octanol–water partition coefficient (Wildman–Crippen LogP) is 0.671. The molecular formula is C13H11N5O3. The fourth-order valence-corrected chi connectivity index (χ4v) is 1.92. The summed E-state index contributed by atoms with van der Waals surface area (Å²) in [6.07, 6.45) is 0. The van der Waals surface area contributed by atoms with Gasteiger partial charge in [0.25, 0.3) is 11.4 Å². The zero-order valence-corrected chi connectivity index (χ0v) is 11.0. The Balaban J connectivity index is 2.10. The Labute approximate surface area is 117 Å². The first-order valence-electron chi connectivity index (χ1n) is 6.08. The highest BCUT2D eigenvalue weighted by Crippen LogP contribution is 2.26. The third-order valence-electron chi connectivity index (χ3n) is 3.03. The minimum absolute atomic E-state index is 0.0509. The van der Waals surface area contributed by atoms with E-state index >= 15 is 0 Å². The second-order valence-electron chi connectivity index (χ2n) is 4.44. The minimum Gasteiger partial charge on any atom is -0.398 e. The van der Waals surface area contributed by atoms with Gasteiger partial charge < -0.3 is 15.2 Å². The maximum atomic E-state index is 11.3. The highest BCUT2D eigenvalue weighted by atomic mass is 16.5. The first-order chi connectivity index (χ1) is 10.0. The largest absolute Gasteiger partial charge is 0.398 e. The van der Waals surface area contributed by atoms with Gasteiger partial charge in [0.2, 0.25) is 5.82 Å². The van der Waals surface area contributed by atoms with Gasteiger partial charge in [-0.05, 0) is 18.6 Å². The summed E-state index contributed by atoms with van der Waals surface area (Å²) in [5.74, 6) is 0.381. The van der Waals surface area contributed by atoms with E-state index in [0.29, 0.717) is 11.5 Å². The van der Waals surface area contributed by atoms with E-state index in [4.69, 9.17) is 10.3 Å². The molecule has 1 aromatic carbocycles. The average molecular weight is 285 g/mol. The molecule has 0 unspecified atom stereocenters. The van der Waals surface area contributed by atoms with Crippen LogP contribution in [0.1, 0.15) is 5.56 Å². The number of benzene rings is 1. The first kappa shape index (κ1) is 12.9. The van der Waals surface area contributed by atoms with Gasteiger partial charge in [-0.25, -0.2) is 4.79 Å². The Morgan fingerprint density at radius 2 is 2.05 bits per heavy atom. The number of aromatic amines is 2. The van der Waals surface area contributed by atoms with Crippen molar-refractivity contribution in [2.75, 3.05) is 5.73 Å². The molecule has 0 aliphatic heterocycles. The summed E-state index contributed by atoms with van der Waals surface area (Å²) in [7, 11) is 0. The summed E-state index contributed by atoms with van der Waals surface area (Å²) in [6.45, 7) is 1.84. The predicted molar refractivity (Wildman–Crippen MR) is 75.6 cm³/mol. The molecule has 0 atom stereocenters. The fraction of sp³-hybridized carbons (Fsp3) is 0.0769. The van der Waals surface area contributed by atoms with Gasteiger partial charge >= 0.3 is 5.69 Å². The van der Waals surface area contributed by atoms with Crippen LogP contribution in [0.15, 0.2) is 38.4 Å². The number of aromatic nitrogens is 4. The lowest BCUT2D eigenvalue weighted by Crippen LogP contribution is -2.21. The lowest BCUT2D eigenvalue weighted by Gasteiger charge is -2.03. The molecule has 21 heavy (non-hydrogen) atoms. The van der Waals surface area contributed by atoms with Crippen molar-refractivity contribution in [2.24, 2.45) is 0 Å². The highest BCUT2D eigenvalue weighted by Gasteiger charge is 2.14. The van der Waals surface area contributed by atoms with Crippen molar-refractivity contribution in [1.82, 2.24) is 20.1 Å².